The van der Waals surface area contributed by atoms with Gasteiger partial charge in [0.1, 0.15) is 17.7 Å². The van der Waals surface area contributed by atoms with Crippen LogP contribution in [0.4, 0.5) is 9.18 Å². The number of halogens is 1. The molecule has 1 aliphatic rings. The van der Waals surface area contributed by atoms with Crippen molar-refractivity contribution in [2.75, 3.05) is 27.2 Å². The van der Waals surface area contributed by atoms with Crippen molar-refractivity contribution in [1.29, 1.82) is 5.26 Å². The second kappa shape index (κ2) is 11.8. The first kappa shape index (κ1) is 27.9. The summed E-state index contributed by atoms with van der Waals surface area (Å²) in [5.74, 6) is -0.245. The lowest BCUT2D eigenvalue weighted by Crippen LogP contribution is -2.56. The molecule has 0 bridgehead atoms. The van der Waals surface area contributed by atoms with E-state index in [2.05, 4.69) is 26.0 Å². The van der Waals surface area contributed by atoms with Gasteiger partial charge in [-0.25, -0.2) is 13.7 Å². The number of nitriles is 1. The average Bonchev–Trinajstić information content (AvgIpc) is 3.33. The minimum atomic E-state index is -1.92. The molecule has 4 N–H and O–H groups in total. The molecule has 0 spiro atoms. The molecule has 1 saturated carbocycles. The van der Waals surface area contributed by atoms with Gasteiger partial charge in [0.05, 0.1) is 28.5 Å². The van der Waals surface area contributed by atoms with Crippen molar-refractivity contribution in [3.05, 3.63) is 65.7 Å². The number of hydrogen-bond donors (Lipinski definition) is 4. The molecule has 12 heteroatoms. The highest BCUT2D eigenvalue weighted by Crippen LogP contribution is 2.31. The van der Waals surface area contributed by atoms with Crippen LogP contribution in [0, 0.1) is 17.2 Å². The molecule has 3 aromatic rings. The molecule has 3 amide bonds. The summed E-state index contributed by atoms with van der Waals surface area (Å²) in [5, 5.41) is 33.5. The molecule has 0 unspecified atom stereocenters. The molecule has 1 aliphatic carbocycles. The van der Waals surface area contributed by atoms with Gasteiger partial charge in [0.25, 0.3) is 5.91 Å². The van der Waals surface area contributed by atoms with E-state index >= 15 is 4.39 Å². The number of carbonyl (C=O) groups excluding carboxylic acids is 2. The number of hydrogen-bond acceptors (Lipinski definition) is 7. The van der Waals surface area contributed by atoms with E-state index < -0.39 is 23.7 Å². The highest BCUT2D eigenvalue weighted by molar-refractivity contribution is 5.94. The molecule has 206 valence electrons. The highest BCUT2D eigenvalue weighted by Gasteiger charge is 2.42. The van der Waals surface area contributed by atoms with Gasteiger partial charge in [-0.3, -0.25) is 9.78 Å². The van der Waals surface area contributed by atoms with Gasteiger partial charge in [-0.15, -0.1) is 0 Å². The normalized spacial score (nSPS) is 19.7. The van der Waals surface area contributed by atoms with Crippen molar-refractivity contribution in [3.8, 4) is 6.07 Å². The summed E-state index contributed by atoms with van der Waals surface area (Å²) in [7, 11) is 3.36. The smallest absolute Gasteiger partial charge is 0.316 e. The molecule has 39 heavy (non-hydrogen) atoms. The summed E-state index contributed by atoms with van der Waals surface area (Å²) >= 11 is 0. The van der Waals surface area contributed by atoms with Gasteiger partial charge in [-0.1, -0.05) is 0 Å². The van der Waals surface area contributed by atoms with Crippen LogP contribution in [0.5, 0.6) is 0 Å². The van der Waals surface area contributed by atoms with E-state index in [0.29, 0.717) is 29.2 Å². The third kappa shape index (κ3) is 6.50. The Hall–Kier alpha value is -4.08. The number of nitrogens with zero attached hydrogens (tertiary/aromatic N) is 5. The Morgan fingerprint density at radius 1 is 1.31 bits per heavy atom. The van der Waals surface area contributed by atoms with Crippen LogP contribution in [-0.4, -0.2) is 81.5 Å². The first-order valence-corrected chi connectivity index (χ1v) is 12.7. The topological polar surface area (TPSA) is 148 Å². The molecule has 3 aromatic heterocycles. The van der Waals surface area contributed by atoms with E-state index in [0.717, 1.165) is 12.8 Å². The average molecular weight is 537 g/mol. The Morgan fingerprint density at radius 3 is 2.74 bits per heavy atom. The molecule has 0 aromatic carbocycles. The Morgan fingerprint density at radius 2 is 2.08 bits per heavy atom. The minimum Gasteiger partial charge on any atom is -0.386 e. The van der Waals surface area contributed by atoms with Crippen LogP contribution in [0.3, 0.4) is 0 Å². The molecule has 3 atom stereocenters. The van der Waals surface area contributed by atoms with Gasteiger partial charge in [-0.05, 0) is 56.0 Å². The lowest BCUT2D eigenvalue weighted by Gasteiger charge is -2.39. The molecular weight excluding hydrogens is 503 g/mol. The number of urea groups is 1. The fourth-order valence-corrected chi connectivity index (χ4v) is 4.60. The summed E-state index contributed by atoms with van der Waals surface area (Å²) in [5.41, 5.74) is -0.393. The maximum Gasteiger partial charge on any atom is 0.316 e. The molecule has 0 saturated heterocycles. The first-order chi connectivity index (χ1) is 18.6. The Kier molecular flexibility index (Phi) is 8.42. The second-order valence-electron chi connectivity index (χ2n) is 10.4. The largest absolute Gasteiger partial charge is 0.386 e. The van der Waals surface area contributed by atoms with Gasteiger partial charge in [-0.2, -0.15) is 10.4 Å². The molecule has 3 heterocycles. The monoisotopic (exact) mass is 536 g/mol. The second-order valence-corrected chi connectivity index (χ2v) is 10.4. The number of aromatic nitrogens is 3. The maximum absolute atomic E-state index is 16.2. The molecule has 4 rings (SSSR count). The number of alkyl halides is 1. The highest BCUT2D eigenvalue weighted by atomic mass is 19.1. The quantitative estimate of drug-likeness (QED) is 0.309. The first-order valence-electron chi connectivity index (χ1n) is 12.7. The summed E-state index contributed by atoms with van der Waals surface area (Å²) in [6, 6.07) is 8.76. The molecular formula is C27H33FN8O3. The van der Waals surface area contributed by atoms with Crippen LogP contribution in [-0.2, 0) is 0 Å². The SMILES string of the molecule is CN(C)C(=O)NCC1CC(NC[C@@](C)(O)[C@H](F)[C@H](NC(=O)c2cccnc2)c2ccc3cc(C#N)cnn23)C1. The van der Waals surface area contributed by atoms with E-state index in [4.69, 9.17) is 0 Å². The van der Waals surface area contributed by atoms with Gasteiger partial charge in [0.2, 0.25) is 0 Å². The maximum atomic E-state index is 16.2. The van der Waals surface area contributed by atoms with Crippen molar-refractivity contribution in [1.82, 2.24) is 35.4 Å². The number of nitrogens with one attached hydrogen (secondary N) is 3. The van der Waals surface area contributed by atoms with Crippen LogP contribution >= 0.6 is 0 Å². The molecule has 1 fully saturated rings. The number of aliphatic hydroxyl groups is 1. The van der Waals surface area contributed by atoms with E-state index in [9.17, 15) is 20.0 Å². The van der Waals surface area contributed by atoms with Crippen molar-refractivity contribution in [3.63, 3.8) is 0 Å². The fourth-order valence-electron chi connectivity index (χ4n) is 4.60. The zero-order chi connectivity index (χ0) is 28.2. The number of rotatable bonds is 10. The molecule has 11 nitrogen and oxygen atoms in total. The van der Waals surface area contributed by atoms with E-state index in [-0.39, 0.29) is 24.2 Å². The molecule has 0 radical (unpaired) electrons. The van der Waals surface area contributed by atoms with E-state index in [1.807, 2.05) is 6.07 Å². The predicted octanol–water partition coefficient (Wildman–Crippen LogP) is 1.80. The summed E-state index contributed by atoms with van der Waals surface area (Å²) in [6.07, 6.45) is 3.92. The van der Waals surface area contributed by atoms with Crippen LogP contribution in [0.15, 0.2) is 48.9 Å². The third-order valence-corrected chi connectivity index (χ3v) is 7.01. The van der Waals surface area contributed by atoms with Gasteiger partial charge < -0.3 is 26.0 Å². The lowest BCUT2D eigenvalue weighted by atomic mass is 9.79. The van der Waals surface area contributed by atoms with Crippen molar-refractivity contribution < 1.29 is 19.1 Å². The number of amides is 3. The van der Waals surface area contributed by atoms with Crippen molar-refractivity contribution in [2.45, 2.75) is 43.6 Å². The summed E-state index contributed by atoms with van der Waals surface area (Å²) in [6.45, 7) is 1.89. The zero-order valence-electron chi connectivity index (χ0n) is 22.1. The Balaban J connectivity index is 1.47. The molecule has 0 aliphatic heterocycles. The summed E-state index contributed by atoms with van der Waals surface area (Å²) < 4.78 is 17.7. The number of pyridine rings is 1. The fraction of sp³-hybridized carbons (Fsp3) is 0.444. The van der Waals surface area contributed by atoms with Crippen LogP contribution < -0.4 is 16.0 Å². The predicted molar refractivity (Wildman–Crippen MR) is 141 cm³/mol. The Labute approximate surface area is 226 Å². The standard InChI is InChI=1S/C27H33FN8O3/c1-27(39,16-32-20-9-17(10-20)13-31-26(38)35(2)3)24(28)23(34-25(37)19-5-4-8-30-15-19)22-7-6-21-11-18(12-29)14-33-36(21)22/h4-8,11,14-15,17,20,23-24,32,39H,9-10,13,16H2,1-3H3,(H,31,38)(H,34,37)/t17?,20?,23-,24-,27-/m1/s1. The van der Waals surface area contributed by atoms with Gasteiger partial charge in [0.15, 0.2) is 6.17 Å². The van der Waals surface area contributed by atoms with Crippen LogP contribution in [0.1, 0.15) is 47.4 Å². The zero-order valence-corrected chi connectivity index (χ0v) is 22.1. The third-order valence-electron chi connectivity index (χ3n) is 7.01. The van der Waals surface area contributed by atoms with Crippen molar-refractivity contribution >= 4 is 17.5 Å². The van der Waals surface area contributed by atoms with E-state index in [1.54, 1.807) is 44.4 Å². The Bertz CT molecular complexity index is 1350. The van der Waals surface area contributed by atoms with Crippen LogP contribution in [0.2, 0.25) is 0 Å². The van der Waals surface area contributed by atoms with Gasteiger partial charge in [0, 0.05) is 45.6 Å². The van der Waals surface area contributed by atoms with Gasteiger partial charge >= 0.3 is 6.03 Å². The van der Waals surface area contributed by atoms with E-state index in [1.165, 1.54) is 34.9 Å². The number of fused-ring (bicyclic) bond motifs is 1. The van der Waals surface area contributed by atoms with Crippen molar-refractivity contribution in [2.24, 2.45) is 5.92 Å². The minimum absolute atomic E-state index is 0.0514. The van der Waals surface area contributed by atoms with Crippen LogP contribution in [0.25, 0.3) is 5.52 Å². The number of carbonyl (C=O) groups is 2. The lowest BCUT2D eigenvalue weighted by molar-refractivity contribution is -0.0388. The summed E-state index contributed by atoms with van der Waals surface area (Å²) in [4.78, 5) is 30.1.